The highest BCUT2D eigenvalue weighted by Crippen LogP contribution is 2.29. The van der Waals surface area contributed by atoms with E-state index in [0.717, 1.165) is 36.6 Å². The molecule has 2 aromatic carbocycles. The van der Waals surface area contributed by atoms with Crippen LogP contribution < -0.4 is 5.32 Å². The summed E-state index contributed by atoms with van der Waals surface area (Å²) in [5.74, 6) is -0.493. The van der Waals surface area contributed by atoms with Crippen LogP contribution in [0.3, 0.4) is 0 Å². The zero-order chi connectivity index (χ0) is 18.9. The van der Waals surface area contributed by atoms with E-state index in [0.29, 0.717) is 11.0 Å². The van der Waals surface area contributed by atoms with E-state index >= 15 is 0 Å². The molecule has 0 radical (unpaired) electrons. The molecule has 27 heavy (non-hydrogen) atoms. The van der Waals surface area contributed by atoms with Crippen LogP contribution in [-0.4, -0.2) is 28.8 Å². The molecule has 1 aromatic heterocycles. The van der Waals surface area contributed by atoms with E-state index in [1.165, 1.54) is 11.6 Å². The number of sulfone groups is 1. The van der Waals surface area contributed by atoms with Crippen molar-refractivity contribution in [2.45, 2.75) is 36.6 Å². The molecule has 8 heteroatoms. The van der Waals surface area contributed by atoms with E-state index in [1.54, 1.807) is 12.1 Å². The number of nitrogens with zero attached hydrogens (tertiary/aromatic N) is 2. The van der Waals surface area contributed by atoms with Gasteiger partial charge in [0.15, 0.2) is 9.84 Å². The molecule has 140 valence electrons. The van der Waals surface area contributed by atoms with E-state index in [1.807, 2.05) is 18.2 Å². The second-order valence-electron chi connectivity index (χ2n) is 6.67. The molecule has 1 heterocycles. The topological polar surface area (TPSA) is 89.0 Å². The summed E-state index contributed by atoms with van der Waals surface area (Å²) in [7, 11) is -3.61. The molecule has 1 atom stereocenters. The summed E-state index contributed by atoms with van der Waals surface area (Å²) in [6, 6.07) is 12.9. The van der Waals surface area contributed by atoms with Crippen molar-refractivity contribution >= 4 is 38.5 Å². The zero-order valence-corrected chi connectivity index (χ0v) is 16.2. The fraction of sp³-hybridized carbons (Fsp3) is 0.316. The maximum atomic E-state index is 12.7. The minimum absolute atomic E-state index is 0.0451. The highest BCUT2D eigenvalue weighted by atomic mass is 32.2. The first kappa shape index (κ1) is 18.1. The second-order valence-corrected chi connectivity index (χ2v) is 9.27. The maximum Gasteiger partial charge on any atom is 0.221 e. The lowest BCUT2D eigenvalue weighted by molar-refractivity contribution is -0.121. The van der Waals surface area contributed by atoms with Gasteiger partial charge in [0.25, 0.3) is 0 Å². The van der Waals surface area contributed by atoms with Crippen molar-refractivity contribution in [1.29, 1.82) is 0 Å². The molecule has 6 nitrogen and oxygen atoms in total. The molecule has 1 amide bonds. The highest BCUT2D eigenvalue weighted by Gasteiger charge is 2.24. The van der Waals surface area contributed by atoms with Crippen LogP contribution in [-0.2, 0) is 21.1 Å². The Kier molecular flexibility index (Phi) is 4.92. The average Bonchev–Trinajstić information content (AvgIpc) is 3.15. The molecule has 0 spiro atoms. The largest absolute Gasteiger partial charge is 0.349 e. The Morgan fingerprint density at radius 2 is 2.00 bits per heavy atom. The minimum atomic E-state index is -3.61. The van der Waals surface area contributed by atoms with Gasteiger partial charge < -0.3 is 5.32 Å². The molecule has 0 saturated carbocycles. The van der Waals surface area contributed by atoms with Crippen molar-refractivity contribution in [3.05, 3.63) is 53.6 Å². The van der Waals surface area contributed by atoms with Crippen molar-refractivity contribution in [3.8, 4) is 0 Å². The summed E-state index contributed by atoms with van der Waals surface area (Å²) in [6.07, 6.45) is 2.83. The molecular weight excluding hydrogens is 382 g/mol. The van der Waals surface area contributed by atoms with E-state index in [-0.39, 0.29) is 29.0 Å². The van der Waals surface area contributed by atoms with Gasteiger partial charge in [-0.25, -0.2) is 8.42 Å². The van der Waals surface area contributed by atoms with Crippen LogP contribution in [0.5, 0.6) is 0 Å². The van der Waals surface area contributed by atoms with Crippen molar-refractivity contribution < 1.29 is 13.2 Å². The Bertz CT molecular complexity index is 1090. The van der Waals surface area contributed by atoms with Crippen molar-refractivity contribution in [2.24, 2.45) is 0 Å². The van der Waals surface area contributed by atoms with Crippen LogP contribution in [0, 0.1) is 0 Å². The molecule has 1 N–H and O–H groups in total. The normalized spacial score (nSPS) is 16.8. The third-order valence-corrected chi connectivity index (χ3v) is 7.17. The molecule has 0 bridgehead atoms. The van der Waals surface area contributed by atoms with Gasteiger partial charge in [-0.2, -0.15) is 8.75 Å². The van der Waals surface area contributed by atoms with Crippen molar-refractivity contribution in [1.82, 2.24) is 14.1 Å². The Labute approximate surface area is 161 Å². The van der Waals surface area contributed by atoms with E-state index in [4.69, 9.17) is 0 Å². The number of amides is 1. The van der Waals surface area contributed by atoms with Crippen LogP contribution in [0.15, 0.2) is 47.4 Å². The van der Waals surface area contributed by atoms with E-state index < -0.39 is 9.84 Å². The zero-order valence-electron chi connectivity index (χ0n) is 14.6. The Hall–Kier alpha value is -2.32. The van der Waals surface area contributed by atoms with E-state index in [2.05, 4.69) is 20.1 Å². The first-order valence-electron chi connectivity index (χ1n) is 8.86. The average molecular weight is 402 g/mol. The fourth-order valence-electron chi connectivity index (χ4n) is 3.54. The predicted molar refractivity (Wildman–Crippen MR) is 104 cm³/mol. The molecule has 0 fully saturated rings. The fourth-order valence-corrected chi connectivity index (χ4v) is 5.55. The molecule has 1 unspecified atom stereocenters. The number of aryl methyl sites for hydroxylation is 1. The molecule has 4 rings (SSSR count). The van der Waals surface area contributed by atoms with Crippen molar-refractivity contribution in [2.75, 3.05) is 5.75 Å². The Balaban J connectivity index is 1.45. The van der Waals surface area contributed by atoms with Gasteiger partial charge in [-0.15, -0.1) is 0 Å². The number of aromatic nitrogens is 2. The molecule has 1 aliphatic carbocycles. The Morgan fingerprint density at radius 1 is 1.15 bits per heavy atom. The van der Waals surface area contributed by atoms with Crippen LogP contribution in [0.25, 0.3) is 11.0 Å². The van der Waals surface area contributed by atoms with Gasteiger partial charge >= 0.3 is 0 Å². The van der Waals surface area contributed by atoms with Crippen LogP contribution in [0.4, 0.5) is 0 Å². The molecule has 1 aliphatic rings. The molecule has 3 aromatic rings. The van der Waals surface area contributed by atoms with Gasteiger partial charge in [-0.1, -0.05) is 30.3 Å². The van der Waals surface area contributed by atoms with Crippen LogP contribution >= 0.6 is 11.7 Å². The number of hydrogen-bond donors (Lipinski definition) is 1. The summed E-state index contributed by atoms with van der Waals surface area (Å²) >= 11 is 0.981. The standard InChI is InChI=1S/C19H19N3O3S2/c23-18(20-15-8-3-6-13-5-1-2-7-14(13)15)11-12-27(24,25)17-10-4-9-16-19(17)22-26-21-16/h1-2,4-5,7,9-10,15H,3,6,8,11-12H2,(H,20,23). The number of carbonyl (C=O) groups is 1. The summed E-state index contributed by atoms with van der Waals surface area (Å²) in [5.41, 5.74) is 3.33. The number of fused-ring (bicyclic) bond motifs is 2. The molecular formula is C19H19N3O3S2. The minimum Gasteiger partial charge on any atom is -0.349 e. The molecule has 0 aliphatic heterocycles. The highest BCUT2D eigenvalue weighted by molar-refractivity contribution is 7.91. The third kappa shape index (κ3) is 3.72. The monoisotopic (exact) mass is 401 g/mol. The van der Waals surface area contributed by atoms with Gasteiger partial charge in [0, 0.05) is 6.42 Å². The summed E-state index contributed by atoms with van der Waals surface area (Å²) in [6.45, 7) is 0. The number of hydrogen-bond acceptors (Lipinski definition) is 6. The summed E-state index contributed by atoms with van der Waals surface area (Å²) < 4.78 is 33.5. The van der Waals surface area contributed by atoms with Gasteiger partial charge in [0.05, 0.1) is 28.4 Å². The van der Waals surface area contributed by atoms with Crippen LogP contribution in [0.2, 0.25) is 0 Å². The lowest BCUT2D eigenvalue weighted by Crippen LogP contribution is -2.32. The van der Waals surface area contributed by atoms with E-state index in [9.17, 15) is 13.2 Å². The summed E-state index contributed by atoms with van der Waals surface area (Å²) in [4.78, 5) is 12.6. The quantitative estimate of drug-likeness (QED) is 0.710. The number of rotatable bonds is 5. The number of nitrogens with one attached hydrogen (secondary N) is 1. The number of benzene rings is 2. The SMILES string of the molecule is O=C(CCS(=O)(=O)c1cccc2nsnc12)NC1CCCc2ccccc21. The molecule has 0 saturated heterocycles. The van der Waals surface area contributed by atoms with Gasteiger partial charge in [-0.05, 0) is 42.5 Å². The predicted octanol–water partition coefficient (Wildman–Crippen LogP) is 3.05. The van der Waals surface area contributed by atoms with Gasteiger partial charge in [0.2, 0.25) is 5.91 Å². The number of carbonyl (C=O) groups excluding carboxylic acids is 1. The van der Waals surface area contributed by atoms with Gasteiger partial charge in [0.1, 0.15) is 11.0 Å². The third-order valence-electron chi connectivity index (χ3n) is 4.89. The second kappa shape index (κ2) is 7.36. The first-order valence-corrected chi connectivity index (χ1v) is 11.2. The maximum absolute atomic E-state index is 12.7. The first-order chi connectivity index (χ1) is 13.0. The van der Waals surface area contributed by atoms with Gasteiger partial charge in [-0.3, -0.25) is 4.79 Å². The lowest BCUT2D eigenvalue weighted by atomic mass is 9.88. The van der Waals surface area contributed by atoms with Crippen LogP contribution in [0.1, 0.15) is 36.4 Å². The Morgan fingerprint density at radius 3 is 2.89 bits per heavy atom. The van der Waals surface area contributed by atoms with Crippen molar-refractivity contribution in [3.63, 3.8) is 0 Å². The lowest BCUT2D eigenvalue weighted by Gasteiger charge is -2.26. The smallest absolute Gasteiger partial charge is 0.221 e. The summed E-state index contributed by atoms with van der Waals surface area (Å²) in [5, 5.41) is 3.00.